The van der Waals surface area contributed by atoms with E-state index in [1.54, 1.807) is 13.0 Å². The number of halogens is 5. The molecule has 7 nitrogen and oxygen atoms in total. The van der Waals surface area contributed by atoms with Gasteiger partial charge in [0.05, 0.1) is 23.5 Å². The summed E-state index contributed by atoms with van der Waals surface area (Å²) in [6.07, 6.45) is -7.08. The van der Waals surface area contributed by atoms with Crippen LogP contribution in [0.5, 0.6) is 11.5 Å². The second-order valence-corrected chi connectivity index (χ2v) is 8.17. The first-order valence-electron chi connectivity index (χ1n) is 10.5. The topological polar surface area (TPSA) is 81.4 Å². The molecule has 3 aromatic rings. The van der Waals surface area contributed by atoms with Crippen LogP contribution < -0.4 is 14.8 Å². The maximum absolute atomic E-state index is 13.6. The minimum absolute atomic E-state index is 0.00287. The highest BCUT2D eigenvalue weighted by atomic mass is 19.4. The van der Waals surface area contributed by atoms with E-state index in [1.807, 2.05) is 0 Å². The molecule has 1 aromatic carbocycles. The van der Waals surface area contributed by atoms with Crippen molar-refractivity contribution in [2.45, 2.75) is 50.8 Å². The van der Waals surface area contributed by atoms with E-state index in [4.69, 9.17) is 0 Å². The molecule has 2 atom stereocenters. The van der Waals surface area contributed by atoms with Crippen molar-refractivity contribution >= 4 is 5.82 Å². The number of aliphatic hydroxyl groups excluding tert-OH is 1. The molecule has 34 heavy (non-hydrogen) atoms. The second-order valence-electron chi connectivity index (χ2n) is 8.17. The molecule has 0 saturated carbocycles. The molecule has 2 aromatic heterocycles. The number of fused-ring (bicyclic) bond motifs is 2. The molecule has 0 saturated heterocycles. The molecule has 2 N–H and O–H groups in total. The van der Waals surface area contributed by atoms with Crippen molar-refractivity contribution < 1.29 is 36.5 Å². The maximum atomic E-state index is 13.6. The zero-order chi connectivity index (χ0) is 24.3. The average Bonchev–Trinajstić information content (AvgIpc) is 3.30. The summed E-state index contributed by atoms with van der Waals surface area (Å²) in [5.41, 5.74) is 0.0166. The van der Waals surface area contributed by atoms with Crippen molar-refractivity contribution in [3.05, 3.63) is 59.0 Å². The van der Waals surface area contributed by atoms with E-state index < -0.39 is 30.3 Å². The second kappa shape index (κ2) is 7.83. The number of aromatic nitrogens is 3. The summed E-state index contributed by atoms with van der Waals surface area (Å²) < 4.78 is 77.2. The minimum Gasteiger partial charge on any atom is -0.395 e. The number of pyridine rings is 1. The van der Waals surface area contributed by atoms with E-state index in [-0.39, 0.29) is 29.2 Å². The van der Waals surface area contributed by atoms with E-state index in [0.29, 0.717) is 29.9 Å². The summed E-state index contributed by atoms with van der Waals surface area (Å²) in [5.74, 6) is 0.134. The van der Waals surface area contributed by atoms with Crippen molar-refractivity contribution in [3.8, 4) is 17.2 Å². The lowest BCUT2D eigenvalue weighted by Crippen LogP contribution is -2.25. The standard InChI is InChI=1S/C22H19F5N4O3/c1-11(12-5-6-16-17(9-12)34-22(26,27)33-16)29-18-10-13(7-8-28-18)31-19-14(3-2-4-15(19)32)20(30-31)21(23,24)25/h5-11,15,32H,2-4H2,1H3,(H,28,29)/t11-,15+/m0/s1. The molecule has 12 heteroatoms. The van der Waals surface area contributed by atoms with Gasteiger partial charge in [0.15, 0.2) is 17.2 Å². The molecular formula is C22H19F5N4O3. The van der Waals surface area contributed by atoms with E-state index in [2.05, 4.69) is 24.9 Å². The molecule has 0 spiro atoms. The fourth-order valence-corrected chi connectivity index (χ4v) is 4.26. The zero-order valence-corrected chi connectivity index (χ0v) is 17.7. The van der Waals surface area contributed by atoms with Gasteiger partial charge in [0.2, 0.25) is 0 Å². The molecule has 3 heterocycles. The van der Waals surface area contributed by atoms with Crippen molar-refractivity contribution in [1.29, 1.82) is 0 Å². The summed E-state index contributed by atoms with van der Waals surface area (Å²) in [7, 11) is 0. The first kappa shape index (κ1) is 22.4. The Labute approximate surface area is 190 Å². The van der Waals surface area contributed by atoms with Gasteiger partial charge in [0.1, 0.15) is 5.82 Å². The van der Waals surface area contributed by atoms with Gasteiger partial charge in [-0.3, -0.25) is 0 Å². The Morgan fingerprint density at radius 2 is 1.94 bits per heavy atom. The highest BCUT2D eigenvalue weighted by Gasteiger charge is 2.44. The molecule has 0 unspecified atom stereocenters. The summed E-state index contributed by atoms with van der Waals surface area (Å²) in [5, 5.41) is 17.3. The summed E-state index contributed by atoms with van der Waals surface area (Å²) >= 11 is 0. The van der Waals surface area contributed by atoms with Gasteiger partial charge in [-0.05, 0) is 49.9 Å². The van der Waals surface area contributed by atoms with Crippen LogP contribution in [0.25, 0.3) is 5.69 Å². The lowest BCUT2D eigenvalue weighted by Gasteiger charge is -2.21. The number of hydrogen-bond acceptors (Lipinski definition) is 6. The summed E-state index contributed by atoms with van der Waals surface area (Å²) in [6.45, 7) is 1.76. The van der Waals surface area contributed by atoms with Crippen LogP contribution in [-0.2, 0) is 12.6 Å². The molecule has 2 aliphatic rings. The molecule has 1 aliphatic heterocycles. The smallest absolute Gasteiger partial charge is 0.395 e. The normalized spacial score (nSPS) is 19.6. The van der Waals surface area contributed by atoms with Crippen molar-refractivity contribution in [2.75, 3.05) is 5.32 Å². The third-order valence-electron chi connectivity index (χ3n) is 5.79. The van der Waals surface area contributed by atoms with Gasteiger partial charge in [0, 0.05) is 17.8 Å². The number of nitrogens with zero attached hydrogens (tertiary/aromatic N) is 3. The molecule has 180 valence electrons. The lowest BCUT2D eigenvalue weighted by molar-refractivity contribution is -0.286. The van der Waals surface area contributed by atoms with E-state index in [9.17, 15) is 27.1 Å². The molecule has 0 bridgehead atoms. The Bertz CT molecular complexity index is 1240. The van der Waals surface area contributed by atoms with Gasteiger partial charge in [-0.25, -0.2) is 9.67 Å². The number of alkyl halides is 5. The molecule has 1 aliphatic carbocycles. The van der Waals surface area contributed by atoms with Crippen LogP contribution in [-0.4, -0.2) is 26.2 Å². The molecule has 5 rings (SSSR count). The highest BCUT2D eigenvalue weighted by molar-refractivity contribution is 5.51. The van der Waals surface area contributed by atoms with E-state index >= 15 is 0 Å². The first-order chi connectivity index (χ1) is 16.0. The van der Waals surface area contributed by atoms with Crippen LogP contribution in [0, 0.1) is 0 Å². The van der Waals surface area contributed by atoms with Gasteiger partial charge >= 0.3 is 12.5 Å². The van der Waals surface area contributed by atoms with Gasteiger partial charge in [-0.2, -0.15) is 18.3 Å². The Balaban J connectivity index is 1.44. The number of anilines is 1. The largest absolute Gasteiger partial charge is 0.586 e. The fraction of sp³-hybridized carbons (Fsp3) is 0.364. The monoisotopic (exact) mass is 482 g/mol. The van der Waals surface area contributed by atoms with E-state index in [1.165, 1.54) is 30.5 Å². The van der Waals surface area contributed by atoms with Crippen molar-refractivity contribution in [1.82, 2.24) is 14.8 Å². The molecule has 0 radical (unpaired) electrons. The number of rotatable bonds is 4. The van der Waals surface area contributed by atoms with Crippen LogP contribution in [0.15, 0.2) is 36.5 Å². The molecule has 0 amide bonds. The van der Waals surface area contributed by atoms with Crippen LogP contribution in [0.1, 0.15) is 54.4 Å². The highest BCUT2D eigenvalue weighted by Crippen LogP contribution is 2.43. The van der Waals surface area contributed by atoms with Crippen LogP contribution in [0.2, 0.25) is 0 Å². The minimum atomic E-state index is -4.65. The third kappa shape index (κ3) is 4.02. The molecule has 0 fully saturated rings. The van der Waals surface area contributed by atoms with Gasteiger partial charge in [-0.1, -0.05) is 6.07 Å². The van der Waals surface area contributed by atoms with Crippen LogP contribution in [0.3, 0.4) is 0 Å². The fourth-order valence-electron chi connectivity index (χ4n) is 4.26. The number of hydrogen-bond donors (Lipinski definition) is 2. The summed E-state index contributed by atoms with van der Waals surface area (Å²) in [4.78, 5) is 4.20. The quantitative estimate of drug-likeness (QED) is 0.501. The number of ether oxygens (including phenoxy) is 2. The van der Waals surface area contributed by atoms with Crippen molar-refractivity contribution in [3.63, 3.8) is 0 Å². The Kier molecular flexibility index (Phi) is 5.15. The van der Waals surface area contributed by atoms with Crippen molar-refractivity contribution in [2.24, 2.45) is 0 Å². The Morgan fingerprint density at radius 1 is 1.18 bits per heavy atom. The van der Waals surface area contributed by atoms with Crippen LogP contribution in [0.4, 0.5) is 27.8 Å². The molecular weight excluding hydrogens is 463 g/mol. The Hall–Kier alpha value is -3.41. The van der Waals surface area contributed by atoms with Gasteiger partial charge < -0.3 is 19.9 Å². The maximum Gasteiger partial charge on any atom is 0.586 e. The number of benzene rings is 1. The van der Waals surface area contributed by atoms with Gasteiger partial charge in [0.25, 0.3) is 0 Å². The Morgan fingerprint density at radius 3 is 2.71 bits per heavy atom. The zero-order valence-electron chi connectivity index (χ0n) is 17.7. The van der Waals surface area contributed by atoms with Gasteiger partial charge in [-0.15, -0.1) is 8.78 Å². The average molecular weight is 482 g/mol. The lowest BCUT2D eigenvalue weighted by atomic mass is 9.93. The third-order valence-corrected chi connectivity index (χ3v) is 5.79. The summed E-state index contributed by atoms with van der Waals surface area (Å²) in [6, 6.07) is 6.94. The van der Waals surface area contributed by atoms with E-state index in [0.717, 1.165) is 4.68 Å². The predicted octanol–water partition coefficient (Wildman–Crippen LogP) is 5.15. The predicted molar refractivity (Wildman–Crippen MR) is 109 cm³/mol. The SMILES string of the molecule is C[C@H](Nc1cc(-n2nc(C(F)(F)F)c3c2[C@H](O)CCC3)ccn1)c1ccc2c(c1)OC(F)(F)O2. The first-order valence-corrected chi connectivity index (χ1v) is 10.5. The van der Waals surface area contributed by atoms with Crippen LogP contribution >= 0.6 is 0 Å². The number of aliphatic hydroxyl groups is 1. The number of nitrogens with one attached hydrogen (secondary N) is 1.